The van der Waals surface area contributed by atoms with Crippen molar-refractivity contribution >= 4 is 28.8 Å². The van der Waals surface area contributed by atoms with Gasteiger partial charge in [-0.05, 0) is 30.7 Å². The molecule has 0 spiro atoms. The van der Waals surface area contributed by atoms with Crippen LogP contribution in [0.1, 0.15) is 25.5 Å². The van der Waals surface area contributed by atoms with Crippen molar-refractivity contribution in [3.05, 3.63) is 81.7 Å². The minimum Gasteiger partial charge on any atom is -0.467 e. The lowest BCUT2D eigenvalue weighted by Crippen LogP contribution is -2.44. The third kappa shape index (κ3) is 5.33. The van der Waals surface area contributed by atoms with E-state index in [0.717, 1.165) is 22.3 Å². The number of unbranched alkanes of at least 4 members (excludes halogenated alkanes) is 1. The predicted molar refractivity (Wildman–Crippen MR) is 131 cm³/mol. The molecule has 0 radical (unpaired) electrons. The summed E-state index contributed by atoms with van der Waals surface area (Å²) >= 11 is 1.62. The Labute approximate surface area is 200 Å². The van der Waals surface area contributed by atoms with E-state index in [1.54, 1.807) is 34.7 Å². The highest BCUT2D eigenvalue weighted by atomic mass is 32.2. The van der Waals surface area contributed by atoms with Crippen LogP contribution in [-0.4, -0.2) is 36.9 Å². The molecule has 4 rings (SSSR count). The standard InChI is InChI=1S/C24H27N5O4S/c1-2-3-12-28-22-21(27(17-26-22)15-18-8-7-13-33-18)23(31)29(24(28)32)16-20(30)25-11-14-34-19-9-5-4-6-10-19/h4-10,13,17H,2-3,11-12,14-16H2,1H3,(H,25,30). The summed E-state index contributed by atoms with van der Waals surface area (Å²) < 4.78 is 9.54. The second-order valence-corrected chi connectivity index (χ2v) is 8.98. The van der Waals surface area contributed by atoms with Gasteiger partial charge in [-0.1, -0.05) is 31.5 Å². The molecule has 4 aromatic rings. The molecular formula is C24H27N5O4S. The molecule has 34 heavy (non-hydrogen) atoms. The molecular weight excluding hydrogens is 454 g/mol. The van der Waals surface area contributed by atoms with Gasteiger partial charge in [-0.15, -0.1) is 11.8 Å². The number of fused-ring (bicyclic) bond motifs is 1. The topological polar surface area (TPSA) is 104 Å². The Kier molecular flexibility index (Phi) is 7.69. The maximum absolute atomic E-state index is 13.3. The average molecular weight is 482 g/mol. The summed E-state index contributed by atoms with van der Waals surface area (Å²) in [6, 6.07) is 13.5. The molecule has 9 nitrogen and oxygen atoms in total. The predicted octanol–water partition coefficient (Wildman–Crippen LogP) is 2.71. The van der Waals surface area contributed by atoms with Crippen molar-refractivity contribution in [3.8, 4) is 0 Å². The fourth-order valence-electron chi connectivity index (χ4n) is 3.66. The van der Waals surface area contributed by atoms with Gasteiger partial charge in [0.05, 0.1) is 19.1 Å². The van der Waals surface area contributed by atoms with Gasteiger partial charge in [0.2, 0.25) is 5.91 Å². The quantitative estimate of drug-likeness (QED) is 0.261. The van der Waals surface area contributed by atoms with Gasteiger partial charge in [0, 0.05) is 23.7 Å². The Morgan fingerprint density at radius 3 is 2.68 bits per heavy atom. The third-order valence-electron chi connectivity index (χ3n) is 5.36. The van der Waals surface area contributed by atoms with Crippen LogP contribution >= 0.6 is 11.8 Å². The molecule has 1 aromatic carbocycles. The van der Waals surface area contributed by atoms with Crippen molar-refractivity contribution in [2.24, 2.45) is 0 Å². The van der Waals surface area contributed by atoms with Crippen LogP contribution in [0.2, 0.25) is 0 Å². The number of nitrogens with one attached hydrogen (secondary N) is 1. The first-order chi connectivity index (χ1) is 16.6. The van der Waals surface area contributed by atoms with Gasteiger partial charge in [0.1, 0.15) is 12.3 Å². The van der Waals surface area contributed by atoms with E-state index in [9.17, 15) is 14.4 Å². The lowest BCUT2D eigenvalue weighted by Gasteiger charge is -2.12. The largest absolute Gasteiger partial charge is 0.467 e. The number of imidazole rings is 1. The lowest BCUT2D eigenvalue weighted by atomic mass is 10.3. The Morgan fingerprint density at radius 1 is 1.12 bits per heavy atom. The molecule has 0 saturated carbocycles. The van der Waals surface area contributed by atoms with Crippen molar-refractivity contribution in [2.45, 2.75) is 44.3 Å². The Hall–Kier alpha value is -3.53. The van der Waals surface area contributed by atoms with Gasteiger partial charge in [0.25, 0.3) is 5.56 Å². The van der Waals surface area contributed by atoms with Crippen molar-refractivity contribution < 1.29 is 9.21 Å². The second kappa shape index (κ2) is 11.1. The van der Waals surface area contributed by atoms with E-state index < -0.39 is 11.2 Å². The van der Waals surface area contributed by atoms with E-state index in [4.69, 9.17) is 4.42 Å². The number of benzene rings is 1. The minimum absolute atomic E-state index is 0.277. The SMILES string of the molecule is CCCCn1c(=O)n(CC(=O)NCCSc2ccccc2)c(=O)c2c1ncn2Cc1ccco1. The summed E-state index contributed by atoms with van der Waals surface area (Å²) in [6.07, 6.45) is 4.72. The maximum Gasteiger partial charge on any atom is 0.333 e. The summed E-state index contributed by atoms with van der Waals surface area (Å²) in [5.74, 6) is 0.955. The molecule has 0 atom stereocenters. The molecule has 0 aliphatic carbocycles. The summed E-state index contributed by atoms with van der Waals surface area (Å²) in [7, 11) is 0. The maximum atomic E-state index is 13.3. The van der Waals surface area contributed by atoms with Gasteiger partial charge < -0.3 is 14.3 Å². The molecule has 1 amide bonds. The number of amides is 1. The minimum atomic E-state index is -0.536. The summed E-state index contributed by atoms with van der Waals surface area (Å²) in [6.45, 7) is 2.82. The number of rotatable bonds is 11. The molecule has 1 N–H and O–H groups in total. The highest BCUT2D eigenvalue weighted by Crippen LogP contribution is 2.15. The van der Waals surface area contributed by atoms with Gasteiger partial charge >= 0.3 is 5.69 Å². The first-order valence-electron chi connectivity index (χ1n) is 11.2. The highest BCUT2D eigenvalue weighted by Gasteiger charge is 2.20. The number of aromatic nitrogens is 4. The van der Waals surface area contributed by atoms with Crippen molar-refractivity contribution in [1.29, 1.82) is 0 Å². The zero-order valence-corrected chi connectivity index (χ0v) is 19.8. The highest BCUT2D eigenvalue weighted by molar-refractivity contribution is 7.99. The van der Waals surface area contributed by atoms with Crippen molar-refractivity contribution in [2.75, 3.05) is 12.3 Å². The van der Waals surface area contributed by atoms with E-state index in [1.165, 1.54) is 10.9 Å². The van der Waals surface area contributed by atoms with Gasteiger partial charge in [-0.3, -0.25) is 14.2 Å². The number of hydrogen-bond donors (Lipinski definition) is 1. The first kappa shape index (κ1) is 23.6. The summed E-state index contributed by atoms with van der Waals surface area (Å²) in [5.41, 5.74) is -0.459. The van der Waals surface area contributed by atoms with Gasteiger partial charge in [0.15, 0.2) is 11.2 Å². The van der Waals surface area contributed by atoms with Crippen LogP contribution < -0.4 is 16.6 Å². The number of thioether (sulfide) groups is 1. The lowest BCUT2D eigenvalue weighted by molar-refractivity contribution is -0.121. The zero-order chi connectivity index (χ0) is 23.9. The van der Waals surface area contributed by atoms with Gasteiger partial charge in [-0.2, -0.15) is 0 Å². The van der Waals surface area contributed by atoms with E-state index >= 15 is 0 Å². The van der Waals surface area contributed by atoms with Crippen LogP contribution in [0.4, 0.5) is 0 Å². The molecule has 3 heterocycles. The van der Waals surface area contributed by atoms with Crippen LogP contribution in [-0.2, 0) is 24.4 Å². The number of nitrogens with zero attached hydrogens (tertiary/aromatic N) is 4. The van der Waals surface area contributed by atoms with Crippen LogP contribution in [0.3, 0.4) is 0 Å². The monoisotopic (exact) mass is 481 g/mol. The molecule has 10 heteroatoms. The van der Waals surface area contributed by atoms with Crippen LogP contribution in [0.15, 0.2) is 74.0 Å². The second-order valence-electron chi connectivity index (χ2n) is 7.81. The zero-order valence-electron chi connectivity index (χ0n) is 19.0. The fraction of sp³-hybridized carbons (Fsp3) is 0.333. The summed E-state index contributed by atoms with van der Waals surface area (Å²) in [4.78, 5) is 44.5. The third-order valence-corrected chi connectivity index (χ3v) is 6.38. The number of carbonyl (C=O) groups is 1. The molecule has 3 aromatic heterocycles. The van der Waals surface area contributed by atoms with E-state index in [2.05, 4.69) is 10.3 Å². The molecule has 0 aliphatic heterocycles. The smallest absolute Gasteiger partial charge is 0.333 e. The fourth-order valence-corrected chi connectivity index (χ4v) is 4.45. The van der Waals surface area contributed by atoms with Crippen molar-refractivity contribution in [1.82, 2.24) is 24.0 Å². The van der Waals surface area contributed by atoms with Crippen LogP contribution in [0.25, 0.3) is 11.2 Å². The van der Waals surface area contributed by atoms with E-state index in [-0.39, 0.29) is 18.0 Å². The molecule has 0 fully saturated rings. The van der Waals surface area contributed by atoms with Crippen LogP contribution in [0, 0.1) is 0 Å². The van der Waals surface area contributed by atoms with E-state index in [1.807, 2.05) is 37.3 Å². The molecule has 178 valence electrons. The van der Waals surface area contributed by atoms with Gasteiger partial charge in [-0.25, -0.2) is 14.3 Å². The molecule has 0 unspecified atom stereocenters. The molecule has 0 aliphatic rings. The number of hydrogen-bond acceptors (Lipinski definition) is 6. The first-order valence-corrected chi connectivity index (χ1v) is 12.2. The Balaban J connectivity index is 1.56. The van der Waals surface area contributed by atoms with Crippen molar-refractivity contribution in [3.63, 3.8) is 0 Å². The molecule has 0 saturated heterocycles. The normalized spacial score (nSPS) is 11.2. The molecule has 0 bridgehead atoms. The Morgan fingerprint density at radius 2 is 1.94 bits per heavy atom. The average Bonchev–Trinajstić information content (AvgIpc) is 3.51. The number of carbonyl (C=O) groups excluding carboxylic acids is 1. The number of furan rings is 1. The Bertz CT molecular complexity index is 1360. The van der Waals surface area contributed by atoms with E-state index in [0.29, 0.717) is 36.8 Å². The van der Waals surface area contributed by atoms with Crippen LogP contribution in [0.5, 0.6) is 0 Å². The number of aryl methyl sites for hydroxylation is 1. The summed E-state index contributed by atoms with van der Waals surface area (Å²) in [5, 5.41) is 2.81.